The first-order chi connectivity index (χ1) is 11.5. The molecular weight excluding hydrogens is 368 g/mol. The molecule has 1 aliphatic rings. The van der Waals surface area contributed by atoms with Crippen molar-refractivity contribution in [3.63, 3.8) is 0 Å². The summed E-state index contributed by atoms with van der Waals surface area (Å²) in [6.07, 6.45) is 5.25. The largest absolute Gasteiger partial charge is 0.341 e. The van der Waals surface area contributed by atoms with E-state index in [2.05, 4.69) is 36.1 Å². The van der Waals surface area contributed by atoms with Crippen molar-refractivity contribution in [3.05, 3.63) is 45.7 Å². The molecule has 0 spiro atoms. The Hall–Kier alpha value is -1.95. The summed E-state index contributed by atoms with van der Waals surface area (Å²) >= 11 is 3.46. The number of hydrogen-bond donors (Lipinski definition) is 1. The Labute approximate surface area is 150 Å². The number of hydrogen-bond acceptors (Lipinski definition) is 4. The molecule has 1 aromatic carbocycles. The van der Waals surface area contributed by atoms with Crippen molar-refractivity contribution < 1.29 is 4.79 Å². The summed E-state index contributed by atoms with van der Waals surface area (Å²) in [4.78, 5) is 23.6. The number of carbonyl (C=O) groups is 1. The summed E-state index contributed by atoms with van der Waals surface area (Å²) in [6.45, 7) is 5.82. The van der Waals surface area contributed by atoms with Crippen molar-refractivity contribution in [3.8, 4) is 0 Å². The molecule has 1 fully saturated rings. The molecule has 1 aromatic heterocycles. The third kappa shape index (κ3) is 3.75. The summed E-state index contributed by atoms with van der Waals surface area (Å²) in [7, 11) is 0. The Morgan fingerprint density at radius 2 is 1.96 bits per heavy atom. The van der Waals surface area contributed by atoms with E-state index in [-0.39, 0.29) is 5.91 Å². The van der Waals surface area contributed by atoms with Crippen LogP contribution in [0.25, 0.3) is 0 Å². The molecule has 5 nitrogen and oxygen atoms in total. The lowest BCUT2D eigenvalue weighted by Gasteiger charge is -2.26. The number of nitrogens with one attached hydrogen (secondary N) is 1. The van der Waals surface area contributed by atoms with Crippen LogP contribution in [-0.2, 0) is 0 Å². The standard InChI is InChI=1S/C18H21BrN4O/c1-12-10-14(6-7-16(12)19)22-17(24)15-11-20-18(21-13(15)2)23-8-4-3-5-9-23/h6-7,10-11H,3-5,8-9H2,1-2H3,(H,22,24). The van der Waals surface area contributed by atoms with Crippen molar-refractivity contribution >= 4 is 33.5 Å². The molecule has 0 aliphatic carbocycles. The van der Waals surface area contributed by atoms with Gasteiger partial charge in [-0.1, -0.05) is 15.9 Å². The number of piperidine rings is 1. The molecule has 1 saturated heterocycles. The first-order valence-corrected chi connectivity index (χ1v) is 9.00. The highest BCUT2D eigenvalue weighted by Crippen LogP contribution is 2.21. The zero-order valence-corrected chi connectivity index (χ0v) is 15.6. The lowest BCUT2D eigenvalue weighted by molar-refractivity contribution is 0.102. The smallest absolute Gasteiger partial charge is 0.259 e. The fourth-order valence-electron chi connectivity index (χ4n) is 2.84. The van der Waals surface area contributed by atoms with Gasteiger partial charge in [0.15, 0.2) is 0 Å². The van der Waals surface area contributed by atoms with Crippen LogP contribution in [0.3, 0.4) is 0 Å². The monoisotopic (exact) mass is 388 g/mol. The molecule has 0 saturated carbocycles. The van der Waals surface area contributed by atoms with Crippen LogP contribution in [0.5, 0.6) is 0 Å². The van der Waals surface area contributed by atoms with Gasteiger partial charge in [-0.3, -0.25) is 4.79 Å². The van der Waals surface area contributed by atoms with Crippen LogP contribution in [0.2, 0.25) is 0 Å². The molecule has 2 heterocycles. The maximum absolute atomic E-state index is 12.5. The zero-order chi connectivity index (χ0) is 17.1. The van der Waals surface area contributed by atoms with E-state index in [4.69, 9.17) is 0 Å². The Morgan fingerprint density at radius 3 is 2.62 bits per heavy atom. The lowest BCUT2D eigenvalue weighted by Crippen LogP contribution is -2.31. The molecule has 0 bridgehead atoms. The van der Waals surface area contributed by atoms with Gasteiger partial charge in [-0.25, -0.2) is 9.97 Å². The molecule has 126 valence electrons. The topological polar surface area (TPSA) is 58.1 Å². The van der Waals surface area contributed by atoms with Gasteiger partial charge in [0, 0.05) is 29.4 Å². The average Bonchev–Trinajstić information content (AvgIpc) is 2.59. The molecule has 1 N–H and O–H groups in total. The first kappa shape index (κ1) is 16.9. The number of aromatic nitrogens is 2. The summed E-state index contributed by atoms with van der Waals surface area (Å²) in [6, 6.07) is 5.72. The zero-order valence-electron chi connectivity index (χ0n) is 14.0. The van der Waals surface area contributed by atoms with Gasteiger partial charge in [-0.2, -0.15) is 0 Å². The predicted molar refractivity (Wildman–Crippen MR) is 99.7 cm³/mol. The van der Waals surface area contributed by atoms with Crippen LogP contribution in [-0.4, -0.2) is 29.0 Å². The van der Waals surface area contributed by atoms with Gasteiger partial charge in [0.1, 0.15) is 0 Å². The van der Waals surface area contributed by atoms with Crippen LogP contribution in [0, 0.1) is 13.8 Å². The number of benzene rings is 1. The van der Waals surface area contributed by atoms with Crippen molar-refractivity contribution in [2.75, 3.05) is 23.3 Å². The van der Waals surface area contributed by atoms with E-state index in [0.29, 0.717) is 11.3 Å². The highest BCUT2D eigenvalue weighted by molar-refractivity contribution is 9.10. The number of aryl methyl sites for hydroxylation is 2. The number of anilines is 2. The molecule has 0 unspecified atom stereocenters. The average molecular weight is 389 g/mol. The van der Waals surface area contributed by atoms with E-state index in [1.165, 1.54) is 19.3 Å². The Bertz CT molecular complexity index is 757. The van der Waals surface area contributed by atoms with Gasteiger partial charge >= 0.3 is 0 Å². The minimum atomic E-state index is -0.181. The number of nitrogens with zero attached hydrogens (tertiary/aromatic N) is 3. The second kappa shape index (κ2) is 7.30. The van der Waals surface area contributed by atoms with Crippen LogP contribution in [0.15, 0.2) is 28.9 Å². The van der Waals surface area contributed by atoms with E-state index in [0.717, 1.165) is 34.8 Å². The van der Waals surface area contributed by atoms with Crippen molar-refractivity contribution in [2.45, 2.75) is 33.1 Å². The van der Waals surface area contributed by atoms with Gasteiger partial charge in [0.2, 0.25) is 5.95 Å². The highest BCUT2D eigenvalue weighted by atomic mass is 79.9. The molecule has 1 amide bonds. The van der Waals surface area contributed by atoms with Crippen molar-refractivity contribution in [1.29, 1.82) is 0 Å². The maximum atomic E-state index is 12.5. The number of halogens is 1. The quantitative estimate of drug-likeness (QED) is 0.859. The minimum Gasteiger partial charge on any atom is -0.341 e. The number of rotatable bonds is 3. The normalized spacial score (nSPS) is 14.5. The van der Waals surface area contributed by atoms with E-state index in [1.807, 2.05) is 32.0 Å². The molecule has 0 atom stereocenters. The summed E-state index contributed by atoms with van der Waals surface area (Å²) < 4.78 is 1.02. The fraction of sp³-hybridized carbons (Fsp3) is 0.389. The molecule has 24 heavy (non-hydrogen) atoms. The third-order valence-electron chi connectivity index (χ3n) is 4.27. The number of amides is 1. The molecule has 0 radical (unpaired) electrons. The van der Waals surface area contributed by atoms with Crippen molar-refractivity contribution in [2.24, 2.45) is 0 Å². The molecule has 6 heteroatoms. The van der Waals surface area contributed by atoms with E-state index >= 15 is 0 Å². The van der Waals surface area contributed by atoms with E-state index in [1.54, 1.807) is 6.20 Å². The van der Waals surface area contributed by atoms with Gasteiger partial charge in [0.05, 0.1) is 11.3 Å². The summed E-state index contributed by atoms with van der Waals surface area (Å²) in [5.41, 5.74) is 3.05. The van der Waals surface area contributed by atoms with Gasteiger partial charge < -0.3 is 10.2 Å². The Balaban J connectivity index is 1.75. The molecule has 1 aliphatic heterocycles. The Kier molecular flexibility index (Phi) is 5.14. The third-order valence-corrected chi connectivity index (χ3v) is 5.16. The maximum Gasteiger partial charge on any atom is 0.259 e. The fourth-order valence-corrected chi connectivity index (χ4v) is 3.09. The summed E-state index contributed by atoms with van der Waals surface area (Å²) in [5.74, 6) is 0.544. The van der Waals surface area contributed by atoms with Gasteiger partial charge in [-0.05, 0) is 56.9 Å². The molecule has 3 rings (SSSR count). The summed E-state index contributed by atoms with van der Waals surface area (Å²) in [5, 5.41) is 2.91. The van der Waals surface area contributed by atoms with Crippen LogP contribution in [0.1, 0.15) is 40.9 Å². The molecule has 2 aromatic rings. The van der Waals surface area contributed by atoms with E-state index in [9.17, 15) is 4.79 Å². The second-order valence-corrected chi connectivity index (χ2v) is 6.99. The first-order valence-electron chi connectivity index (χ1n) is 8.20. The number of carbonyl (C=O) groups excluding carboxylic acids is 1. The highest BCUT2D eigenvalue weighted by Gasteiger charge is 2.17. The van der Waals surface area contributed by atoms with Gasteiger partial charge in [0.25, 0.3) is 5.91 Å². The SMILES string of the molecule is Cc1cc(NC(=O)c2cnc(N3CCCCC3)nc2C)ccc1Br. The van der Waals surface area contributed by atoms with Crippen molar-refractivity contribution in [1.82, 2.24) is 9.97 Å². The Morgan fingerprint density at radius 1 is 1.21 bits per heavy atom. The van der Waals surface area contributed by atoms with Gasteiger partial charge in [-0.15, -0.1) is 0 Å². The van der Waals surface area contributed by atoms with E-state index < -0.39 is 0 Å². The lowest BCUT2D eigenvalue weighted by atomic mass is 10.1. The van der Waals surface area contributed by atoms with Crippen LogP contribution < -0.4 is 10.2 Å². The van der Waals surface area contributed by atoms with Crippen LogP contribution in [0.4, 0.5) is 11.6 Å². The minimum absolute atomic E-state index is 0.181. The predicted octanol–water partition coefficient (Wildman–Crippen LogP) is 4.10. The molecular formula is C18H21BrN4O. The second-order valence-electron chi connectivity index (χ2n) is 6.13. The van der Waals surface area contributed by atoms with Crippen LogP contribution >= 0.6 is 15.9 Å².